The summed E-state index contributed by atoms with van der Waals surface area (Å²) in [5, 5.41) is 0. The van der Waals surface area contributed by atoms with Gasteiger partial charge in [-0.05, 0) is 50.7 Å². The van der Waals surface area contributed by atoms with E-state index in [1.54, 1.807) is 0 Å². The molecule has 0 saturated carbocycles. The number of esters is 1. The van der Waals surface area contributed by atoms with Gasteiger partial charge in [-0.3, -0.25) is 4.79 Å². The molecule has 3 heteroatoms. The molecule has 0 radical (unpaired) electrons. The van der Waals surface area contributed by atoms with Crippen molar-refractivity contribution in [3.05, 3.63) is 30.3 Å². The smallest absolute Gasteiger partial charge is 0.306 e. The van der Waals surface area contributed by atoms with E-state index < -0.39 is 5.60 Å². The van der Waals surface area contributed by atoms with Crippen molar-refractivity contribution >= 4 is 5.97 Å². The lowest BCUT2D eigenvalue weighted by molar-refractivity contribution is -0.157. The molecule has 1 rings (SSSR count). The Hall–Kier alpha value is -1.51. The Morgan fingerprint density at radius 1 is 1.05 bits per heavy atom. The summed E-state index contributed by atoms with van der Waals surface area (Å²) >= 11 is 0. The highest BCUT2D eigenvalue weighted by atomic mass is 16.6. The molecule has 0 bridgehead atoms. The van der Waals surface area contributed by atoms with Gasteiger partial charge in [0.05, 0.1) is 6.61 Å². The van der Waals surface area contributed by atoms with Crippen LogP contribution >= 0.6 is 0 Å². The van der Waals surface area contributed by atoms with E-state index in [-0.39, 0.29) is 17.3 Å². The third-order valence-corrected chi connectivity index (χ3v) is 3.54. The van der Waals surface area contributed by atoms with Crippen LogP contribution in [0.4, 0.5) is 0 Å². The molecule has 3 nitrogen and oxygen atoms in total. The molecule has 0 heterocycles. The van der Waals surface area contributed by atoms with Gasteiger partial charge < -0.3 is 9.47 Å². The Morgan fingerprint density at radius 2 is 1.64 bits per heavy atom. The van der Waals surface area contributed by atoms with Crippen LogP contribution in [0.5, 0.6) is 5.75 Å². The average Bonchev–Trinajstić information content (AvgIpc) is 2.35. The van der Waals surface area contributed by atoms with E-state index in [4.69, 9.17) is 9.47 Å². The van der Waals surface area contributed by atoms with Gasteiger partial charge >= 0.3 is 5.97 Å². The van der Waals surface area contributed by atoms with Gasteiger partial charge in [-0.1, -0.05) is 39.0 Å². The van der Waals surface area contributed by atoms with Crippen LogP contribution in [0.15, 0.2) is 30.3 Å². The van der Waals surface area contributed by atoms with Crippen LogP contribution in [0.25, 0.3) is 0 Å². The van der Waals surface area contributed by atoms with Crippen LogP contribution in [0.1, 0.15) is 54.4 Å². The summed E-state index contributed by atoms with van der Waals surface area (Å²) in [5.74, 6) is 0.964. The highest BCUT2D eigenvalue weighted by molar-refractivity contribution is 5.70. The maximum atomic E-state index is 12.1. The lowest BCUT2D eigenvalue weighted by Gasteiger charge is -2.31. The molecule has 22 heavy (non-hydrogen) atoms. The number of rotatable bonds is 6. The van der Waals surface area contributed by atoms with E-state index in [1.165, 1.54) is 0 Å². The fourth-order valence-corrected chi connectivity index (χ4v) is 2.26. The Balaban J connectivity index is 2.53. The minimum Gasteiger partial charge on any atom is -0.494 e. The average molecular weight is 306 g/mol. The zero-order valence-corrected chi connectivity index (χ0v) is 14.8. The molecule has 0 fully saturated rings. The lowest BCUT2D eigenvalue weighted by atomic mass is 9.77. The highest BCUT2D eigenvalue weighted by Crippen LogP contribution is 2.32. The normalized spacial score (nSPS) is 13.5. The van der Waals surface area contributed by atoms with Gasteiger partial charge in [0.25, 0.3) is 0 Å². The third kappa shape index (κ3) is 7.48. The fraction of sp³-hybridized carbons (Fsp3) is 0.632. The van der Waals surface area contributed by atoms with Crippen molar-refractivity contribution in [3.8, 4) is 5.75 Å². The van der Waals surface area contributed by atoms with Crippen molar-refractivity contribution in [3.63, 3.8) is 0 Å². The lowest BCUT2D eigenvalue weighted by Crippen LogP contribution is -2.30. The topological polar surface area (TPSA) is 35.5 Å². The van der Waals surface area contributed by atoms with Crippen molar-refractivity contribution in [1.29, 1.82) is 0 Å². The first-order valence-electron chi connectivity index (χ1n) is 7.97. The fourth-order valence-electron chi connectivity index (χ4n) is 2.26. The molecule has 1 unspecified atom stereocenters. The Bertz CT molecular complexity index is 452. The molecule has 0 spiro atoms. The molecule has 0 aliphatic heterocycles. The maximum absolute atomic E-state index is 12.1. The van der Waals surface area contributed by atoms with Crippen LogP contribution in [0.2, 0.25) is 0 Å². The predicted octanol–water partition coefficient (Wildman–Crippen LogP) is 4.85. The van der Waals surface area contributed by atoms with E-state index in [0.717, 1.165) is 12.2 Å². The second-order valence-electron chi connectivity index (χ2n) is 7.80. The number of carbonyl (C=O) groups excluding carboxylic acids is 1. The first-order chi connectivity index (χ1) is 10.1. The minimum absolute atomic E-state index is 0.0386. The van der Waals surface area contributed by atoms with E-state index in [2.05, 4.69) is 20.8 Å². The van der Waals surface area contributed by atoms with Crippen molar-refractivity contribution in [2.75, 3.05) is 6.61 Å². The molecule has 0 amide bonds. The number of para-hydroxylation sites is 1. The number of ether oxygens (including phenoxy) is 2. The van der Waals surface area contributed by atoms with E-state index in [0.29, 0.717) is 13.0 Å². The molecular formula is C19H30O3. The summed E-state index contributed by atoms with van der Waals surface area (Å²) < 4.78 is 11.2. The quantitative estimate of drug-likeness (QED) is 0.705. The molecule has 0 aliphatic rings. The summed E-state index contributed by atoms with van der Waals surface area (Å²) in [6, 6.07) is 9.77. The zero-order valence-electron chi connectivity index (χ0n) is 14.8. The van der Waals surface area contributed by atoms with E-state index in [1.807, 2.05) is 51.1 Å². The molecule has 0 aliphatic carbocycles. The van der Waals surface area contributed by atoms with Crippen molar-refractivity contribution in [2.24, 2.45) is 11.3 Å². The van der Waals surface area contributed by atoms with Crippen molar-refractivity contribution in [1.82, 2.24) is 0 Å². The monoisotopic (exact) mass is 306 g/mol. The summed E-state index contributed by atoms with van der Waals surface area (Å²) in [5.41, 5.74) is -0.392. The summed E-state index contributed by atoms with van der Waals surface area (Å²) in [7, 11) is 0. The van der Waals surface area contributed by atoms with Gasteiger partial charge in [-0.25, -0.2) is 0 Å². The second-order valence-corrected chi connectivity index (χ2v) is 7.80. The van der Waals surface area contributed by atoms with Crippen molar-refractivity contribution < 1.29 is 14.3 Å². The Morgan fingerprint density at radius 3 is 2.14 bits per heavy atom. The number of hydrogen-bond donors (Lipinski definition) is 0. The summed E-state index contributed by atoms with van der Waals surface area (Å²) in [6.07, 6.45) is 1.26. The maximum Gasteiger partial charge on any atom is 0.306 e. The molecule has 124 valence electrons. The molecule has 1 atom stereocenters. The third-order valence-electron chi connectivity index (χ3n) is 3.54. The zero-order chi connectivity index (χ0) is 16.8. The predicted molar refractivity (Wildman–Crippen MR) is 90.0 cm³/mol. The van der Waals surface area contributed by atoms with Crippen LogP contribution in [-0.4, -0.2) is 18.2 Å². The van der Waals surface area contributed by atoms with Gasteiger partial charge in [0, 0.05) is 6.42 Å². The van der Waals surface area contributed by atoms with Crippen LogP contribution in [0.3, 0.4) is 0 Å². The Labute approximate surface area is 135 Å². The molecule has 0 N–H and O–H groups in total. The molecule has 1 aromatic carbocycles. The SMILES string of the molecule is CC(C)(C)OC(=O)CC(CCOc1ccccc1)C(C)(C)C. The Kier molecular flexibility index (Phi) is 6.46. The molecule has 0 aromatic heterocycles. The molecule has 1 aromatic rings. The molecular weight excluding hydrogens is 276 g/mol. The summed E-state index contributed by atoms with van der Waals surface area (Å²) in [6.45, 7) is 12.8. The first kappa shape index (κ1) is 18.5. The van der Waals surface area contributed by atoms with E-state index in [9.17, 15) is 4.79 Å². The van der Waals surface area contributed by atoms with E-state index >= 15 is 0 Å². The molecule has 0 saturated heterocycles. The standard InChI is InChI=1S/C19H30O3/c1-18(2,3)15(14-17(20)22-19(4,5)6)12-13-21-16-10-8-7-9-11-16/h7-11,15H,12-14H2,1-6H3. The van der Waals surface area contributed by atoms with Gasteiger partial charge in [-0.2, -0.15) is 0 Å². The highest BCUT2D eigenvalue weighted by Gasteiger charge is 2.29. The van der Waals surface area contributed by atoms with Crippen LogP contribution in [-0.2, 0) is 9.53 Å². The number of benzene rings is 1. The van der Waals surface area contributed by atoms with Gasteiger partial charge in [-0.15, -0.1) is 0 Å². The summed E-state index contributed by atoms with van der Waals surface area (Å²) in [4.78, 5) is 12.1. The van der Waals surface area contributed by atoms with Gasteiger partial charge in [0.15, 0.2) is 0 Å². The van der Waals surface area contributed by atoms with Gasteiger partial charge in [0.2, 0.25) is 0 Å². The first-order valence-corrected chi connectivity index (χ1v) is 7.97. The van der Waals surface area contributed by atoms with Crippen LogP contribution in [0, 0.1) is 11.3 Å². The minimum atomic E-state index is -0.430. The number of carbonyl (C=O) groups is 1. The number of hydrogen-bond acceptors (Lipinski definition) is 3. The largest absolute Gasteiger partial charge is 0.494 e. The van der Waals surface area contributed by atoms with Gasteiger partial charge in [0.1, 0.15) is 11.4 Å². The van der Waals surface area contributed by atoms with Crippen LogP contribution < -0.4 is 4.74 Å². The second kappa shape index (κ2) is 7.66. The van der Waals surface area contributed by atoms with Crippen molar-refractivity contribution in [2.45, 2.75) is 60.0 Å².